The number of nitrogens with two attached hydrogens (primary N) is 1. The lowest BCUT2D eigenvalue weighted by atomic mass is 10.1. The Labute approximate surface area is 107 Å². The van der Waals surface area contributed by atoms with Crippen LogP contribution in [0.3, 0.4) is 0 Å². The molecule has 5 N–H and O–H groups in total. The van der Waals surface area contributed by atoms with Crippen molar-refractivity contribution in [3.63, 3.8) is 0 Å². The maximum atomic E-state index is 9.66. The summed E-state index contributed by atoms with van der Waals surface area (Å²) in [4.78, 5) is 4.06. The number of nitrogens with one attached hydrogen (secondary N) is 1. The number of hydrogen-bond donors (Lipinski definition) is 4. The average Bonchev–Trinajstić information content (AvgIpc) is 2.38. The summed E-state index contributed by atoms with van der Waals surface area (Å²) in [6, 6.07) is 3.62. The van der Waals surface area contributed by atoms with Gasteiger partial charge >= 0.3 is 0 Å². The first kappa shape index (κ1) is 14.4. The predicted octanol–water partition coefficient (Wildman–Crippen LogP) is 0.283. The Bertz CT molecular complexity index is 407. The van der Waals surface area contributed by atoms with Crippen molar-refractivity contribution >= 4 is 5.84 Å². The van der Waals surface area contributed by atoms with Crippen LogP contribution in [0.2, 0.25) is 0 Å². The van der Waals surface area contributed by atoms with Crippen LogP contribution in [0.4, 0.5) is 0 Å². The van der Waals surface area contributed by atoms with Crippen LogP contribution >= 0.6 is 0 Å². The van der Waals surface area contributed by atoms with Crippen molar-refractivity contribution in [2.75, 3.05) is 6.54 Å². The fourth-order valence-electron chi connectivity index (χ4n) is 1.45. The third-order valence-electron chi connectivity index (χ3n) is 2.68. The van der Waals surface area contributed by atoms with Gasteiger partial charge in [-0.1, -0.05) is 25.1 Å². The van der Waals surface area contributed by atoms with Crippen LogP contribution < -0.4 is 11.1 Å². The van der Waals surface area contributed by atoms with Crippen molar-refractivity contribution in [1.29, 1.82) is 0 Å². The highest BCUT2D eigenvalue weighted by Gasteiger charge is 2.10. The number of oxime groups is 1. The van der Waals surface area contributed by atoms with E-state index in [0.29, 0.717) is 18.8 Å². The third-order valence-corrected chi connectivity index (χ3v) is 2.68. The van der Waals surface area contributed by atoms with E-state index >= 15 is 0 Å². The number of hydrogen-bond acceptors (Lipinski definition) is 5. The Kier molecular flexibility index (Phi) is 5.54. The molecule has 0 aromatic carbocycles. The van der Waals surface area contributed by atoms with Gasteiger partial charge in [0.05, 0.1) is 6.10 Å². The highest BCUT2D eigenvalue weighted by Crippen LogP contribution is 2.05. The lowest BCUT2D eigenvalue weighted by Crippen LogP contribution is -2.31. The molecular formula is C12H20N4O2. The van der Waals surface area contributed by atoms with Crippen LogP contribution in [0.25, 0.3) is 0 Å². The van der Waals surface area contributed by atoms with Gasteiger partial charge in [0, 0.05) is 19.3 Å². The van der Waals surface area contributed by atoms with Gasteiger partial charge in [0.25, 0.3) is 0 Å². The van der Waals surface area contributed by atoms with E-state index in [9.17, 15) is 5.11 Å². The molecule has 100 valence electrons. The lowest BCUT2D eigenvalue weighted by Gasteiger charge is -2.15. The summed E-state index contributed by atoms with van der Waals surface area (Å²) in [5, 5.41) is 24.4. The van der Waals surface area contributed by atoms with Gasteiger partial charge in [-0.3, -0.25) is 4.98 Å². The standard InChI is InChI=1S/C12H20N4O2/c1-8(2)10(17)7-14-6-9-4-3-5-15-11(9)12(13)16-18/h3-5,8,10,14,17-18H,6-7H2,1-2H3,(H2,13,16). The van der Waals surface area contributed by atoms with Crippen molar-refractivity contribution in [3.8, 4) is 0 Å². The van der Waals surface area contributed by atoms with E-state index in [0.717, 1.165) is 5.56 Å². The fraction of sp³-hybridized carbons (Fsp3) is 0.500. The van der Waals surface area contributed by atoms with Crippen LogP contribution in [0.1, 0.15) is 25.1 Å². The number of aliphatic hydroxyl groups is 1. The van der Waals surface area contributed by atoms with Crippen LogP contribution in [0, 0.1) is 5.92 Å². The van der Waals surface area contributed by atoms with E-state index in [1.165, 1.54) is 0 Å². The third kappa shape index (κ3) is 3.97. The van der Waals surface area contributed by atoms with E-state index in [1.54, 1.807) is 12.3 Å². The molecule has 0 aliphatic heterocycles. The summed E-state index contributed by atoms with van der Waals surface area (Å²) in [6.07, 6.45) is 1.19. The topological polar surface area (TPSA) is 104 Å². The van der Waals surface area contributed by atoms with Gasteiger partial charge in [-0.2, -0.15) is 0 Å². The SMILES string of the molecule is CC(C)C(O)CNCc1cccnc1/C(N)=N/O. The lowest BCUT2D eigenvalue weighted by molar-refractivity contribution is 0.123. The zero-order valence-electron chi connectivity index (χ0n) is 10.7. The van der Waals surface area contributed by atoms with E-state index in [2.05, 4.69) is 15.5 Å². The monoisotopic (exact) mass is 252 g/mol. The Morgan fingerprint density at radius 3 is 2.89 bits per heavy atom. The van der Waals surface area contributed by atoms with E-state index in [-0.39, 0.29) is 11.8 Å². The first-order chi connectivity index (χ1) is 8.56. The van der Waals surface area contributed by atoms with Crippen molar-refractivity contribution in [1.82, 2.24) is 10.3 Å². The number of aliphatic hydroxyl groups excluding tert-OH is 1. The molecule has 0 saturated carbocycles. The van der Waals surface area contributed by atoms with Crippen molar-refractivity contribution < 1.29 is 10.3 Å². The minimum Gasteiger partial charge on any atom is -0.409 e. The summed E-state index contributed by atoms with van der Waals surface area (Å²) < 4.78 is 0. The first-order valence-corrected chi connectivity index (χ1v) is 5.86. The summed E-state index contributed by atoms with van der Waals surface area (Å²) in [6.45, 7) is 4.90. The maximum Gasteiger partial charge on any atom is 0.189 e. The highest BCUT2D eigenvalue weighted by molar-refractivity contribution is 5.96. The Morgan fingerprint density at radius 2 is 2.28 bits per heavy atom. The number of amidine groups is 1. The smallest absolute Gasteiger partial charge is 0.189 e. The zero-order chi connectivity index (χ0) is 13.5. The zero-order valence-corrected chi connectivity index (χ0v) is 10.7. The summed E-state index contributed by atoms with van der Waals surface area (Å²) >= 11 is 0. The quantitative estimate of drug-likeness (QED) is 0.252. The number of pyridine rings is 1. The molecule has 1 aromatic rings. The second kappa shape index (κ2) is 6.93. The molecule has 6 nitrogen and oxygen atoms in total. The second-order valence-electron chi connectivity index (χ2n) is 4.44. The van der Waals surface area contributed by atoms with Gasteiger partial charge in [-0.15, -0.1) is 0 Å². The van der Waals surface area contributed by atoms with E-state index < -0.39 is 6.10 Å². The number of aromatic nitrogens is 1. The molecule has 1 heterocycles. The largest absolute Gasteiger partial charge is 0.409 e. The van der Waals surface area contributed by atoms with Gasteiger partial charge < -0.3 is 21.4 Å². The predicted molar refractivity (Wildman–Crippen MR) is 69.3 cm³/mol. The highest BCUT2D eigenvalue weighted by atomic mass is 16.4. The van der Waals surface area contributed by atoms with Crippen LogP contribution in [-0.2, 0) is 6.54 Å². The normalized spacial score (nSPS) is 13.9. The molecule has 0 saturated heterocycles. The molecule has 0 spiro atoms. The van der Waals surface area contributed by atoms with Crippen molar-refractivity contribution in [2.45, 2.75) is 26.5 Å². The molecule has 1 rings (SSSR count). The fourth-order valence-corrected chi connectivity index (χ4v) is 1.45. The van der Waals surface area contributed by atoms with Crippen LogP contribution in [0.15, 0.2) is 23.5 Å². The summed E-state index contributed by atoms with van der Waals surface area (Å²) in [5.74, 6) is 0.187. The Morgan fingerprint density at radius 1 is 1.56 bits per heavy atom. The molecule has 0 radical (unpaired) electrons. The van der Waals surface area contributed by atoms with E-state index in [1.807, 2.05) is 19.9 Å². The van der Waals surface area contributed by atoms with Gasteiger partial charge in [0.1, 0.15) is 5.69 Å². The molecular weight excluding hydrogens is 232 g/mol. The first-order valence-electron chi connectivity index (χ1n) is 5.86. The average molecular weight is 252 g/mol. The van der Waals surface area contributed by atoms with Crippen molar-refractivity contribution in [3.05, 3.63) is 29.6 Å². The second-order valence-corrected chi connectivity index (χ2v) is 4.44. The number of rotatable bonds is 6. The van der Waals surface area contributed by atoms with Crippen LogP contribution in [0.5, 0.6) is 0 Å². The molecule has 1 aromatic heterocycles. The molecule has 0 fully saturated rings. The van der Waals surface area contributed by atoms with Crippen LogP contribution in [-0.4, -0.2) is 33.8 Å². The summed E-state index contributed by atoms with van der Waals surface area (Å²) in [7, 11) is 0. The van der Waals surface area contributed by atoms with Gasteiger partial charge in [0.2, 0.25) is 0 Å². The number of nitrogens with zero attached hydrogens (tertiary/aromatic N) is 2. The van der Waals surface area contributed by atoms with Gasteiger partial charge in [0.15, 0.2) is 5.84 Å². The minimum absolute atomic E-state index is 0.0168. The molecule has 0 amide bonds. The van der Waals surface area contributed by atoms with E-state index in [4.69, 9.17) is 10.9 Å². The van der Waals surface area contributed by atoms with Gasteiger partial charge in [-0.25, -0.2) is 0 Å². The van der Waals surface area contributed by atoms with Crippen molar-refractivity contribution in [2.24, 2.45) is 16.8 Å². The minimum atomic E-state index is -0.394. The summed E-state index contributed by atoms with van der Waals surface area (Å²) in [5.41, 5.74) is 6.81. The molecule has 1 unspecified atom stereocenters. The molecule has 0 aliphatic carbocycles. The molecule has 1 atom stereocenters. The Balaban J connectivity index is 2.62. The maximum absolute atomic E-state index is 9.66. The molecule has 0 aliphatic rings. The Hall–Kier alpha value is -1.66. The molecule has 18 heavy (non-hydrogen) atoms. The van der Waals surface area contributed by atoms with Gasteiger partial charge in [-0.05, 0) is 17.5 Å². The molecule has 6 heteroatoms. The molecule has 0 bridgehead atoms.